The molecule has 0 saturated heterocycles. The van der Waals surface area contributed by atoms with Crippen molar-refractivity contribution < 1.29 is 17.8 Å². The summed E-state index contributed by atoms with van der Waals surface area (Å²) in [5.74, 6) is -0.609. The lowest BCUT2D eigenvalue weighted by Crippen LogP contribution is -2.49. The molecule has 13 heavy (non-hydrogen) atoms. The molecule has 0 heterocycles. The molecular formula is C7H13NO4S. The van der Waals surface area contributed by atoms with E-state index in [1.54, 1.807) is 0 Å². The molecule has 0 spiro atoms. The zero-order valence-electron chi connectivity index (χ0n) is 7.79. The summed E-state index contributed by atoms with van der Waals surface area (Å²) in [4.78, 5) is 9.33. The molecule has 2 N–H and O–H groups in total. The van der Waals surface area contributed by atoms with Gasteiger partial charge in [-0.1, -0.05) is 6.58 Å². The standard InChI is InChI=1S/C7H13NO4S/c1-5(2)6(9)8-7(3,4)13(10,11)12/h1H2,2-4H3,(H,8,9)(H,10,11,12). The topological polar surface area (TPSA) is 83.5 Å². The molecule has 0 atom stereocenters. The fraction of sp³-hybridized carbons (Fsp3) is 0.571. The van der Waals surface area contributed by atoms with Crippen molar-refractivity contribution in [3.05, 3.63) is 12.2 Å². The van der Waals surface area contributed by atoms with E-state index in [1.165, 1.54) is 20.8 Å². The summed E-state index contributed by atoms with van der Waals surface area (Å²) >= 11 is 0. The molecular weight excluding hydrogens is 194 g/mol. The minimum atomic E-state index is -4.30. The van der Waals surface area contributed by atoms with Gasteiger partial charge >= 0.3 is 0 Å². The number of amides is 1. The van der Waals surface area contributed by atoms with Gasteiger partial charge in [0.1, 0.15) is 0 Å². The summed E-state index contributed by atoms with van der Waals surface area (Å²) < 4.78 is 30.1. The molecule has 0 aliphatic heterocycles. The van der Waals surface area contributed by atoms with E-state index in [4.69, 9.17) is 4.55 Å². The Morgan fingerprint density at radius 3 is 2.08 bits per heavy atom. The third kappa shape index (κ3) is 3.16. The van der Waals surface area contributed by atoms with Gasteiger partial charge in [0.05, 0.1) is 0 Å². The van der Waals surface area contributed by atoms with Crippen LogP contribution in [0, 0.1) is 0 Å². The molecule has 0 unspecified atom stereocenters. The fourth-order valence-electron chi connectivity index (χ4n) is 0.445. The molecule has 0 aliphatic rings. The summed E-state index contributed by atoms with van der Waals surface area (Å²) in [6.45, 7) is 7.14. The highest BCUT2D eigenvalue weighted by Gasteiger charge is 2.34. The molecule has 0 aromatic heterocycles. The van der Waals surface area contributed by atoms with Crippen LogP contribution in [0.15, 0.2) is 12.2 Å². The van der Waals surface area contributed by atoms with E-state index in [9.17, 15) is 13.2 Å². The molecule has 6 heteroatoms. The summed E-state index contributed by atoms with van der Waals surface area (Å²) in [6.07, 6.45) is 0. The van der Waals surface area contributed by atoms with Gasteiger partial charge in [-0.2, -0.15) is 8.42 Å². The van der Waals surface area contributed by atoms with Crippen molar-refractivity contribution in [1.29, 1.82) is 0 Å². The van der Waals surface area contributed by atoms with Crippen LogP contribution in [0.3, 0.4) is 0 Å². The molecule has 76 valence electrons. The van der Waals surface area contributed by atoms with E-state index in [2.05, 4.69) is 11.9 Å². The number of nitrogens with one attached hydrogen (secondary N) is 1. The second-order valence-electron chi connectivity index (χ2n) is 3.22. The van der Waals surface area contributed by atoms with Gasteiger partial charge in [-0.3, -0.25) is 9.35 Å². The van der Waals surface area contributed by atoms with E-state index < -0.39 is 20.9 Å². The Hall–Kier alpha value is -0.880. The van der Waals surface area contributed by atoms with Gasteiger partial charge in [-0.05, 0) is 20.8 Å². The van der Waals surface area contributed by atoms with Crippen LogP contribution in [0.4, 0.5) is 0 Å². The average molecular weight is 207 g/mol. The Balaban J connectivity index is 4.73. The highest BCUT2D eigenvalue weighted by molar-refractivity contribution is 7.87. The van der Waals surface area contributed by atoms with Gasteiger partial charge in [0.25, 0.3) is 10.1 Å². The first-order valence-corrected chi connectivity index (χ1v) is 4.97. The Morgan fingerprint density at radius 2 is 1.85 bits per heavy atom. The lowest BCUT2D eigenvalue weighted by atomic mass is 10.3. The Labute approximate surface area is 77.6 Å². The Morgan fingerprint density at radius 1 is 1.46 bits per heavy atom. The number of carbonyl (C=O) groups excluding carboxylic acids is 1. The molecule has 0 rings (SSSR count). The summed E-state index contributed by atoms with van der Waals surface area (Å²) in [7, 11) is -4.30. The van der Waals surface area contributed by atoms with Crippen LogP contribution >= 0.6 is 0 Å². The monoisotopic (exact) mass is 207 g/mol. The molecule has 0 bridgehead atoms. The second-order valence-corrected chi connectivity index (χ2v) is 5.19. The lowest BCUT2D eigenvalue weighted by molar-refractivity contribution is -0.118. The minimum absolute atomic E-state index is 0.178. The number of hydrogen-bond donors (Lipinski definition) is 2. The summed E-state index contributed by atoms with van der Waals surface area (Å²) in [5, 5.41) is 2.12. The van der Waals surface area contributed by atoms with E-state index in [1.807, 2.05) is 0 Å². The maximum atomic E-state index is 11.0. The van der Waals surface area contributed by atoms with Gasteiger partial charge in [-0.25, -0.2) is 0 Å². The minimum Gasteiger partial charge on any atom is -0.332 e. The highest BCUT2D eigenvalue weighted by Crippen LogP contribution is 2.10. The zero-order valence-corrected chi connectivity index (χ0v) is 8.60. The van der Waals surface area contributed by atoms with Gasteiger partial charge < -0.3 is 5.32 Å². The summed E-state index contributed by atoms with van der Waals surface area (Å²) in [5.41, 5.74) is 0.178. The molecule has 0 aromatic carbocycles. The van der Waals surface area contributed by atoms with Crippen LogP contribution in [-0.2, 0) is 14.9 Å². The number of hydrogen-bond acceptors (Lipinski definition) is 3. The normalized spacial score (nSPS) is 12.3. The molecule has 0 fully saturated rings. The van der Waals surface area contributed by atoms with Crippen molar-refractivity contribution >= 4 is 16.0 Å². The molecule has 5 nitrogen and oxygen atoms in total. The van der Waals surface area contributed by atoms with Gasteiger partial charge in [0.15, 0.2) is 4.87 Å². The zero-order chi connectivity index (χ0) is 10.9. The van der Waals surface area contributed by atoms with Gasteiger partial charge in [-0.15, -0.1) is 0 Å². The van der Waals surface area contributed by atoms with Crippen molar-refractivity contribution in [2.45, 2.75) is 25.6 Å². The third-order valence-electron chi connectivity index (χ3n) is 1.45. The van der Waals surface area contributed by atoms with Crippen LogP contribution in [0.1, 0.15) is 20.8 Å². The Kier molecular flexibility index (Phi) is 3.23. The van der Waals surface area contributed by atoms with Crippen molar-refractivity contribution in [3.63, 3.8) is 0 Å². The van der Waals surface area contributed by atoms with Gasteiger partial charge in [0.2, 0.25) is 5.91 Å². The SMILES string of the molecule is C=C(C)C(=O)NC(C)(C)S(=O)(=O)O. The second kappa shape index (κ2) is 3.47. The van der Waals surface area contributed by atoms with E-state index >= 15 is 0 Å². The molecule has 0 saturated carbocycles. The smallest absolute Gasteiger partial charge is 0.288 e. The average Bonchev–Trinajstić information content (AvgIpc) is 1.83. The largest absolute Gasteiger partial charge is 0.332 e. The van der Waals surface area contributed by atoms with Crippen molar-refractivity contribution in [1.82, 2.24) is 5.32 Å². The first-order chi connectivity index (χ1) is 5.58. The predicted octanol–water partition coefficient (Wildman–Crippen LogP) is 0.303. The van der Waals surface area contributed by atoms with E-state index in [0.717, 1.165) is 0 Å². The number of rotatable bonds is 3. The van der Waals surface area contributed by atoms with Crippen molar-refractivity contribution in [2.75, 3.05) is 0 Å². The van der Waals surface area contributed by atoms with E-state index in [0.29, 0.717) is 0 Å². The lowest BCUT2D eigenvalue weighted by Gasteiger charge is -2.22. The van der Waals surface area contributed by atoms with Crippen LogP contribution in [0.5, 0.6) is 0 Å². The fourth-order valence-corrected chi connectivity index (χ4v) is 0.666. The van der Waals surface area contributed by atoms with Gasteiger partial charge in [0, 0.05) is 5.57 Å². The maximum absolute atomic E-state index is 11.0. The molecule has 0 aliphatic carbocycles. The van der Waals surface area contributed by atoms with E-state index in [-0.39, 0.29) is 5.57 Å². The Bertz CT molecular complexity index is 328. The summed E-state index contributed by atoms with van der Waals surface area (Å²) in [6, 6.07) is 0. The molecule has 1 amide bonds. The molecule has 0 aromatic rings. The van der Waals surface area contributed by atoms with Crippen LogP contribution in [0.25, 0.3) is 0 Å². The first kappa shape index (κ1) is 12.1. The van der Waals surface area contributed by atoms with Crippen LogP contribution in [0.2, 0.25) is 0 Å². The van der Waals surface area contributed by atoms with Crippen molar-refractivity contribution in [2.24, 2.45) is 0 Å². The first-order valence-electron chi connectivity index (χ1n) is 3.53. The predicted molar refractivity (Wildman–Crippen MR) is 48.6 cm³/mol. The third-order valence-corrected chi connectivity index (χ3v) is 2.84. The van der Waals surface area contributed by atoms with Crippen molar-refractivity contribution in [3.8, 4) is 0 Å². The quantitative estimate of drug-likeness (QED) is 0.515. The van der Waals surface area contributed by atoms with Crippen LogP contribution in [-0.4, -0.2) is 23.7 Å². The highest BCUT2D eigenvalue weighted by atomic mass is 32.2. The van der Waals surface area contributed by atoms with Crippen LogP contribution < -0.4 is 5.32 Å². The maximum Gasteiger partial charge on any atom is 0.288 e. The molecule has 0 radical (unpaired) electrons. The number of carbonyl (C=O) groups is 1.